The number of amidine groups is 1. The molecule has 1 fully saturated rings. The van der Waals surface area contributed by atoms with Gasteiger partial charge in [-0.1, -0.05) is 0 Å². The maximum absolute atomic E-state index is 8.87. The first-order valence-corrected chi connectivity index (χ1v) is 6.96. The molecule has 3 heterocycles. The van der Waals surface area contributed by atoms with E-state index in [9.17, 15) is 0 Å². The van der Waals surface area contributed by atoms with Crippen LogP contribution in [0.1, 0.15) is 11.3 Å². The SMILES string of the molecule is N#Cc1cnc(C2=NC(CN3CCNCC3)=NC2)cc1N. The third-order valence-electron chi connectivity index (χ3n) is 3.60. The molecule has 3 N–H and O–H groups in total. The third kappa shape index (κ3) is 3.07. The minimum absolute atomic E-state index is 0.388. The molecule has 1 aromatic heterocycles. The highest BCUT2D eigenvalue weighted by Gasteiger charge is 2.18. The maximum atomic E-state index is 8.87. The van der Waals surface area contributed by atoms with E-state index in [1.165, 1.54) is 6.20 Å². The Morgan fingerprint density at radius 2 is 2.19 bits per heavy atom. The summed E-state index contributed by atoms with van der Waals surface area (Å²) in [7, 11) is 0. The molecule has 0 aliphatic carbocycles. The van der Waals surface area contributed by atoms with Crippen LogP contribution in [0, 0.1) is 11.3 Å². The molecule has 1 aromatic rings. The lowest BCUT2D eigenvalue weighted by molar-refractivity contribution is 0.271. The van der Waals surface area contributed by atoms with Crippen LogP contribution >= 0.6 is 0 Å². The zero-order valence-corrected chi connectivity index (χ0v) is 11.7. The lowest BCUT2D eigenvalue weighted by Gasteiger charge is -2.26. The molecule has 7 heteroatoms. The number of piperazine rings is 1. The first kappa shape index (κ1) is 13.7. The summed E-state index contributed by atoms with van der Waals surface area (Å²) in [5.74, 6) is 0.844. The van der Waals surface area contributed by atoms with E-state index in [1.807, 2.05) is 6.07 Å². The molecule has 0 bridgehead atoms. The number of aromatic nitrogens is 1. The van der Waals surface area contributed by atoms with Gasteiger partial charge in [0.25, 0.3) is 0 Å². The fourth-order valence-corrected chi connectivity index (χ4v) is 2.41. The quantitative estimate of drug-likeness (QED) is 0.788. The Kier molecular flexibility index (Phi) is 3.90. The van der Waals surface area contributed by atoms with E-state index in [0.29, 0.717) is 23.5 Å². The van der Waals surface area contributed by atoms with E-state index in [1.54, 1.807) is 6.07 Å². The highest BCUT2D eigenvalue weighted by atomic mass is 15.2. The van der Waals surface area contributed by atoms with Gasteiger partial charge in [-0.25, -0.2) is 4.99 Å². The summed E-state index contributed by atoms with van der Waals surface area (Å²) in [5.41, 5.74) is 8.15. The maximum Gasteiger partial charge on any atom is 0.138 e. The number of nitrogens with zero attached hydrogens (tertiary/aromatic N) is 5. The molecular formula is C14H17N7. The molecule has 0 atom stereocenters. The number of pyridine rings is 1. The van der Waals surface area contributed by atoms with Gasteiger partial charge in [-0.2, -0.15) is 5.26 Å². The average Bonchev–Trinajstić information content (AvgIpc) is 2.97. The fourth-order valence-electron chi connectivity index (χ4n) is 2.41. The van der Waals surface area contributed by atoms with Crippen LogP contribution in [0.3, 0.4) is 0 Å². The number of nitrogens with one attached hydrogen (secondary N) is 1. The van der Waals surface area contributed by atoms with Crippen LogP contribution in [0.4, 0.5) is 5.69 Å². The normalized spacial score (nSPS) is 19.0. The first-order chi connectivity index (χ1) is 10.3. The van der Waals surface area contributed by atoms with Crippen molar-refractivity contribution in [3.63, 3.8) is 0 Å². The molecule has 3 rings (SSSR count). The van der Waals surface area contributed by atoms with Gasteiger partial charge in [0, 0.05) is 32.4 Å². The van der Waals surface area contributed by atoms with Crippen molar-refractivity contribution in [1.29, 1.82) is 5.26 Å². The summed E-state index contributed by atoms with van der Waals surface area (Å²) in [4.78, 5) is 15.6. The van der Waals surface area contributed by atoms with Crippen LogP contribution in [0.15, 0.2) is 22.2 Å². The molecule has 0 unspecified atom stereocenters. The van der Waals surface area contributed by atoms with Gasteiger partial charge in [-0.15, -0.1) is 0 Å². The molecule has 0 radical (unpaired) electrons. The Balaban J connectivity index is 1.69. The van der Waals surface area contributed by atoms with E-state index < -0.39 is 0 Å². The number of nitrogens with two attached hydrogens (primary N) is 1. The summed E-state index contributed by atoms with van der Waals surface area (Å²) >= 11 is 0. The molecule has 108 valence electrons. The molecular weight excluding hydrogens is 266 g/mol. The van der Waals surface area contributed by atoms with Gasteiger partial charge in [0.2, 0.25) is 0 Å². The molecule has 2 aliphatic rings. The predicted molar refractivity (Wildman–Crippen MR) is 81.5 cm³/mol. The lowest BCUT2D eigenvalue weighted by atomic mass is 10.2. The van der Waals surface area contributed by atoms with Crippen molar-refractivity contribution >= 4 is 17.2 Å². The van der Waals surface area contributed by atoms with Crippen molar-refractivity contribution in [2.24, 2.45) is 9.98 Å². The molecule has 7 nitrogen and oxygen atoms in total. The van der Waals surface area contributed by atoms with Crippen LogP contribution in [-0.2, 0) is 0 Å². The largest absolute Gasteiger partial charge is 0.398 e. The second-order valence-corrected chi connectivity index (χ2v) is 5.09. The monoisotopic (exact) mass is 283 g/mol. The molecule has 0 aromatic carbocycles. The number of hydrogen-bond donors (Lipinski definition) is 2. The predicted octanol–water partition coefficient (Wildman–Crippen LogP) is -0.358. The van der Waals surface area contributed by atoms with Crippen LogP contribution in [0.25, 0.3) is 0 Å². The first-order valence-electron chi connectivity index (χ1n) is 6.96. The molecule has 21 heavy (non-hydrogen) atoms. The molecule has 0 amide bonds. The van der Waals surface area contributed by atoms with Crippen molar-refractivity contribution in [2.45, 2.75) is 0 Å². The van der Waals surface area contributed by atoms with Crippen LogP contribution in [0.5, 0.6) is 0 Å². The number of anilines is 1. The number of nitrogen functional groups attached to an aromatic ring is 1. The summed E-state index contributed by atoms with van der Waals surface area (Å²) in [5, 5.41) is 12.2. The Hall–Kier alpha value is -2.30. The van der Waals surface area contributed by atoms with Crippen LogP contribution in [-0.4, -0.2) is 60.7 Å². The Morgan fingerprint density at radius 3 is 2.90 bits per heavy atom. The minimum atomic E-state index is 0.388. The smallest absolute Gasteiger partial charge is 0.138 e. The standard InChI is InChI=1S/C14H17N7/c15-6-10-7-18-12(5-11(10)16)13-8-19-14(20-13)9-21-3-1-17-2-4-21/h5,7,17H,1-4,8-9H2,(H2,16,18). The number of nitriles is 1. The number of aliphatic imine (C=N–C) groups is 2. The van der Waals surface area contributed by atoms with Gasteiger partial charge in [0.15, 0.2) is 0 Å². The molecule has 0 spiro atoms. The second kappa shape index (κ2) is 5.99. The summed E-state index contributed by atoms with van der Waals surface area (Å²) in [6.07, 6.45) is 1.49. The van der Waals surface area contributed by atoms with E-state index in [0.717, 1.165) is 44.3 Å². The van der Waals surface area contributed by atoms with E-state index in [2.05, 4.69) is 25.2 Å². The number of rotatable bonds is 3. The van der Waals surface area contributed by atoms with Gasteiger partial charge in [0.1, 0.15) is 11.9 Å². The Bertz CT molecular complexity index is 635. The van der Waals surface area contributed by atoms with Crippen molar-refractivity contribution in [2.75, 3.05) is 45.0 Å². The van der Waals surface area contributed by atoms with Crippen molar-refractivity contribution in [1.82, 2.24) is 15.2 Å². The van der Waals surface area contributed by atoms with Gasteiger partial charge in [-0.05, 0) is 6.07 Å². The average molecular weight is 283 g/mol. The van der Waals surface area contributed by atoms with Crippen LogP contribution in [0.2, 0.25) is 0 Å². The summed E-state index contributed by atoms with van der Waals surface area (Å²) in [6.45, 7) is 5.36. The Labute approximate surface area is 123 Å². The van der Waals surface area contributed by atoms with Gasteiger partial charge in [0.05, 0.1) is 35.7 Å². The van der Waals surface area contributed by atoms with E-state index >= 15 is 0 Å². The zero-order chi connectivity index (χ0) is 14.7. The van der Waals surface area contributed by atoms with Gasteiger partial charge >= 0.3 is 0 Å². The van der Waals surface area contributed by atoms with Gasteiger partial charge < -0.3 is 11.1 Å². The van der Waals surface area contributed by atoms with E-state index in [-0.39, 0.29) is 0 Å². The topological polar surface area (TPSA) is 103 Å². The lowest BCUT2D eigenvalue weighted by Crippen LogP contribution is -2.45. The summed E-state index contributed by atoms with van der Waals surface area (Å²) in [6, 6.07) is 3.70. The number of hydrogen-bond acceptors (Lipinski definition) is 7. The molecule has 2 aliphatic heterocycles. The van der Waals surface area contributed by atoms with Crippen molar-refractivity contribution in [3.05, 3.63) is 23.5 Å². The fraction of sp³-hybridized carbons (Fsp3) is 0.429. The minimum Gasteiger partial charge on any atom is -0.398 e. The highest BCUT2D eigenvalue weighted by Crippen LogP contribution is 2.13. The summed E-state index contributed by atoms with van der Waals surface area (Å²) < 4.78 is 0. The third-order valence-corrected chi connectivity index (χ3v) is 3.60. The van der Waals surface area contributed by atoms with E-state index in [4.69, 9.17) is 11.0 Å². The highest BCUT2D eigenvalue weighted by molar-refractivity contribution is 6.12. The molecule has 1 saturated heterocycles. The Morgan fingerprint density at radius 1 is 1.38 bits per heavy atom. The van der Waals surface area contributed by atoms with Crippen molar-refractivity contribution < 1.29 is 0 Å². The van der Waals surface area contributed by atoms with Crippen molar-refractivity contribution in [3.8, 4) is 6.07 Å². The zero-order valence-electron chi connectivity index (χ0n) is 11.7. The molecule has 0 saturated carbocycles. The van der Waals surface area contributed by atoms with Gasteiger partial charge in [-0.3, -0.25) is 14.9 Å². The second-order valence-electron chi connectivity index (χ2n) is 5.09. The van der Waals surface area contributed by atoms with Crippen LogP contribution < -0.4 is 11.1 Å².